The maximum Gasteiger partial charge on any atom is 0.280 e. The zero-order chi connectivity index (χ0) is 16.4. The van der Waals surface area contributed by atoms with Crippen LogP contribution in [0.3, 0.4) is 0 Å². The van der Waals surface area contributed by atoms with E-state index >= 15 is 0 Å². The highest BCUT2D eigenvalue weighted by Gasteiger charge is 2.06. The molecular weight excluding hydrogens is 298 g/mol. The number of nitrogens with one attached hydrogen (secondary N) is 2. The number of primary amides is 1. The maximum atomic E-state index is 11.6. The van der Waals surface area contributed by atoms with E-state index in [1.165, 1.54) is 6.20 Å². The van der Waals surface area contributed by atoms with E-state index in [-0.39, 0.29) is 17.1 Å². The number of hydrogen-bond donors (Lipinski definition) is 4. The molecule has 1 amide bonds. The van der Waals surface area contributed by atoms with Gasteiger partial charge in [0.25, 0.3) is 5.56 Å². The van der Waals surface area contributed by atoms with Gasteiger partial charge >= 0.3 is 0 Å². The number of nitrogens with zero attached hydrogens (tertiary/aromatic N) is 3. The first-order valence-corrected chi connectivity index (χ1v) is 6.68. The summed E-state index contributed by atoms with van der Waals surface area (Å²) in [6.07, 6.45) is 1.49. The van der Waals surface area contributed by atoms with Crippen LogP contribution in [-0.4, -0.2) is 25.8 Å². The molecule has 0 aliphatic carbocycles. The number of rotatable bonds is 4. The molecule has 0 aliphatic heterocycles. The minimum absolute atomic E-state index is 0.0102. The van der Waals surface area contributed by atoms with Gasteiger partial charge in [0.2, 0.25) is 11.9 Å². The zero-order valence-corrected chi connectivity index (χ0v) is 11.9. The summed E-state index contributed by atoms with van der Waals surface area (Å²) in [7, 11) is 0. The smallest absolute Gasteiger partial charge is 0.280 e. The van der Waals surface area contributed by atoms with Crippen molar-refractivity contribution < 1.29 is 4.79 Å². The molecule has 6 N–H and O–H groups in total. The average molecular weight is 311 g/mol. The molecule has 9 nitrogen and oxygen atoms in total. The lowest BCUT2D eigenvalue weighted by Gasteiger charge is -2.06. The summed E-state index contributed by atoms with van der Waals surface area (Å²) in [6.45, 7) is 0.368. The topological polar surface area (TPSA) is 153 Å². The lowest BCUT2D eigenvalue weighted by molar-refractivity contribution is 0.100. The number of aromatic nitrogens is 4. The SMILES string of the molecule is NC(=O)c1ccc(NCc2cnc3c(=O)[nH]c(N)nc3n2)cc1. The Morgan fingerprint density at radius 3 is 2.65 bits per heavy atom. The third-order valence-electron chi connectivity index (χ3n) is 3.13. The van der Waals surface area contributed by atoms with Gasteiger partial charge in [0.1, 0.15) is 0 Å². The summed E-state index contributed by atoms with van der Waals surface area (Å²) in [5.74, 6) is -0.491. The van der Waals surface area contributed by atoms with Gasteiger partial charge in [-0.15, -0.1) is 0 Å². The van der Waals surface area contributed by atoms with Crippen molar-refractivity contribution in [3.05, 3.63) is 52.1 Å². The highest BCUT2D eigenvalue weighted by Crippen LogP contribution is 2.11. The van der Waals surface area contributed by atoms with Crippen LogP contribution in [0.2, 0.25) is 0 Å². The quantitative estimate of drug-likeness (QED) is 0.529. The Kier molecular flexibility index (Phi) is 3.59. The molecule has 116 valence electrons. The lowest BCUT2D eigenvalue weighted by Crippen LogP contribution is -2.14. The van der Waals surface area contributed by atoms with Crippen LogP contribution in [0.25, 0.3) is 11.2 Å². The summed E-state index contributed by atoms with van der Waals surface area (Å²) in [5, 5.41) is 3.12. The van der Waals surface area contributed by atoms with E-state index in [1.807, 2.05) is 0 Å². The molecule has 1 aromatic carbocycles. The Morgan fingerprint density at radius 1 is 1.22 bits per heavy atom. The number of carbonyl (C=O) groups excluding carboxylic acids is 1. The number of fused-ring (bicyclic) bond motifs is 1. The number of amides is 1. The summed E-state index contributed by atoms with van der Waals surface area (Å²) in [4.78, 5) is 37.3. The molecule has 9 heteroatoms. The van der Waals surface area contributed by atoms with Crippen LogP contribution in [0.1, 0.15) is 16.1 Å². The van der Waals surface area contributed by atoms with E-state index in [4.69, 9.17) is 11.5 Å². The van der Waals surface area contributed by atoms with E-state index in [0.29, 0.717) is 17.8 Å². The molecule has 0 bridgehead atoms. The maximum absolute atomic E-state index is 11.6. The highest BCUT2D eigenvalue weighted by molar-refractivity contribution is 5.93. The predicted molar refractivity (Wildman–Crippen MR) is 84.7 cm³/mol. The van der Waals surface area contributed by atoms with Crippen LogP contribution in [0.4, 0.5) is 11.6 Å². The van der Waals surface area contributed by atoms with Crippen molar-refractivity contribution in [2.45, 2.75) is 6.54 Å². The van der Waals surface area contributed by atoms with Crippen LogP contribution in [0.5, 0.6) is 0 Å². The Labute approximate surface area is 129 Å². The van der Waals surface area contributed by atoms with Gasteiger partial charge in [-0.2, -0.15) is 4.98 Å². The number of nitrogens with two attached hydrogens (primary N) is 2. The number of aromatic amines is 1. The number of carbonyl (C=O) groups is 1. The summed E-state index contributed by atoms with van der Waals surface area (Å²) in [5.41, 5.74) is 12.4. The zero-order valence-electron chi connectivity index (χ0n) is 11.9. The molecule has 3 rings (SSSR count). The summed E-state index contributed by atoms with van der Waals surface area (Å²) < 4.78 is 0. The van der Waals surface area contributed by atoms with Crippen molar-refractivity contribution in [1.82, 2.24) is 19.9 Å². The first kappa shape index (κ1) is 14.4. The second-order valence-electron chi connectivity index (χ2n) is 4.78. The molecule has 0 fully saturated rings. The number of benzene rings is 1. The Bertz CT molecular complexity index is 934. The first-order chi connectivity index (χ1) is 11.0. The molecule has 0 spiro atoms. The summed E-state index contributed by atoms with van der Waals surface area (Å²) in [6, 6.07) is 6.71. The van der Waals surface area contributed by atoms with Crippen LogP contribution < -0.4 is 22.3 Å². The van der Waals surface area contributed by atoms with Crippen molar-refractivity contribution in [2.75, 3.05) is 11.1 Å². The molecule has 0 unspecified atom stereocenters. The molecule has 0 radical (unpaired) electrons. The summed E-state index contributed by atoms with van der Waals surface area (Å²) >= 11 is 0. The second-order valence-corrected chi connectivity index (χ2v) is 4.78. The predicted octanol–water partition coefficient (Wildman–Crippen LogP) is 0.00630. The third kappa shape index (κ3) is 3.07. The molecule has 0 saturated carbocycles. The van der Waals surface area contributed by atoms with E-state index in [1.54, 1.807) is 24.3 Å². The number of hydrogen-bond acceptors (Lipinski definition) is 7. The molecule has 0 saturated heterocycles. The first-order valence-electron chi connectivity index (χ1n) is 6.68. The number of H-pyrrole nitrogens is 1. The minimum Gasteiger partial charge on any atom is -0.379 e. The number of anilines is 2. The van der Waals surface area contributed by atoms with Crippen molar-refractivity contribution in [3.8, 4) is 0 Å². The van der Waals surface area contributed by atoms with Gasteiger partial charge in [0.05, 0.1) is 18.4 Å². The van der Waals surface area contributed by atoms with E-state index in [0.717, 1.165) is 5.69 Å². The standard InChI is InChI=1S/C14H13N7O2/c15-11(22)7-1-3-8(4-2-7)17-5-9-6-18-10-12(19-9)20-14(16)21-13(10)23/h1-4,6,17H,5H2,(H2,15,22)(H3,16,19,20,21,23). The fourth-order valence-electron chi connectivity index (χ4n) is 2.00. The van der Waals surface area contributed by atoms with Crippen LogP contribution in [0, 0.1) is 0 Å². The van der Waals surface area contributed by atoms with Crippen LogP contribution in [0.15, 0.2) is 35.3 Å². The highest BCUT2D eigenvalue weighted by atomic mass is 16.1. The molecule has 3 aromatic rings. The molecular formula is C14H13N7O2. The van der Waals surface area contributed by atoms with Gasteiger partial charge in [-0.1, -0.05) is 0 Å². The molecule has 0 aliphatic rings. The van der Waals surface area contributed by atoms with Crippen molar-refractivity contribution in [2.24, 2.45) is 5.73 Å². The molecule has 2 heterocycles. The van der Waals surface area contributed by atoms with Crippen molar-refractivity contribution >= 4 is 28.7 Å². The second kappa shape index (κ2) is 5.72. The number of nitrogen functional groups attached to an aromatic ring is 1. The molecule has 0 atom stereocenters. The van der Waals surface area contributed by atoms with Gasteiger partial charge in [0.15, 0.2) is 11.2 Å². The Balaban J connectivity index is 1.79. The third-order valence-corrected chi connectivity index (χ3v) is 3.13. The average Bonchev–Trinajstić information content (AvgIpc) is 2.52. The van der Waals surface area contributed by atoms with Crippen molar-refractivity contribution in [3.63, 3.8) is 0 Å². The van der Waals surface area contributed by atoms with Gasteiger partial charge < -0.3 is 16.8 Å². The fraction of sp³-hybridized carbons (Fsp3) is 0.0714. The monoisotopic (exact) mass is 311 g/mol. The van der Waals surface area contributed by atoms with Gasteiger partial charge in [-0.05, 0) is 24.3 Å². The van der Waals surface area contributed by atoms with Crippen molar-refractivity contribution in [1.29, 1.82) is 0 Å². The molecule has 23 heavy (non-hydrogen) atoms. The largest absolute Gasteiger partial charge is 0.379 e. The lowest BCUT2D eigenvalue weighted by atomic mass is 10.2. The minimum atomic E-state index is -0.481. The van der Waals surface area contributed by atoms with E-state index < -0.39 is 11.5 Å². The Morgan fingerprint density at radius 2 is 1.96 bits per heavy atom. The van der Waals surface area contributed by atoms with E-state index in [9.17, 15) is 9.59 Å². The fourth-order valence-corrected chi connectivity index (χ4v) is 2.00. The van der Waals surface area contributed by atoms with Gasteiger partial charge in [0, 0.05) is 11.3 Å². The van der Waals surface area contributed by atoms with Gasteiger partial charge in [-0.25, -0.2) is 9.97 Å². The van der Waals surface area contributed by atoms with Crippen LogP contribution in [-0.2, 0) is 6.54 Å². The molecule has 2 aromatic heterocycles. The van der Waals surface area contributed by atoms with Gasteiger partial charge in [-0.3, -0.25) is 14.6 Å². The van der Waals surface area contributed by atoms with E-state index in [2.05, 4.69) is 25.3 Å². The van der Waals surface area contributed by atoms with Crippen LogP contribution >= 0.6 is 0 Å². The Hall–Kier alpha value is -3.49. The normalized spacial score (nSPS) is 10.6.